The lowest BCUT2D eigenvalue weighted by Crippen LogP contribution is -2.15. The molecule has 6 heteroatoms. The number of alkyl halides is 3. The Morgan fingerprint density at radius 1 is 1.20 bits per heavy atom. The van der Waals surface area contributed by atoms with Crippen molar-refractivity contribution in [2.24, 2.45) is 5.73 Å². The van der Waals surface area contributed by atoms with Gasteiger partial charge in [0.15, 0.2) is 0 Å². The summed E-state index contributed by atoms with van der Waals surface area (Å²) in [6, 6.07) is 6.54. The fourth-order valence-electron chi connectivity index (χ4n) is 1.93. The number of hydrogen-bond acceptors (Lipinski definition) is 2. The highest BCUT2D eigenvalue weighted by atomic mass is 79.9. The molecule has 0 bridgehead atoms. The van der Waals surface area contributed by atoms with Crippen molar-refractivity contribution in [3.8, 4) is 0 Å². The van der Waals surface area contributed by atoms with Gasteiger partial charge in [0.2, 0.25) is 0 Å². The van der Waals surface area contributed by atoms with Gasteiger partial charge in [-0.3, -0.25) is 4.98 Å². The Morgan fingerprint density at radius 2 is 1.90 bits per heavy atom. The van der Waals surface area contributed by atoms with Crippen molar-refractivity contribution in [3.05, 3.63) is 63.4 Å². The van der Waals surface area contributed by atoms with Gasteiger partial charge in [-0.2, -0.15) is 13.2 Å². The normalized spacial score (nSPS) is 13.3. The third-order valence-electron chi connectivity index (χ3n) is 3.00. The summed E-state index contributed by atoms with van der Waals surface area (Å²) < 4.78 is 38.7. The first-order chi connectivity index (χ1) is 9.29. The van der Waals surface area contributed by atoms with Gasteiger partial charge >= 0.3 is 6.18 Å². The molecule has 0 amide bonds. The highest BCUT2D eigenvalue weighted by Crippen LogP contribution is 2.32. The molecule has 2 rings (SSSR count). The van der Waals surface area contributed by atoms with Crippen LogP contribution < -0.4 is 5.73 Å². The molecule has 0 aliphatic heterocycles. The summed E-state index contributed by atoms with van der Waals surface area (Å²) in [4.78, 5) is 4.17. The van der Waals surface area contributed by atoms with E-state index in [4.69, 9.17) is 5.73 Å². The maximum atomic E-state index is 12.6. The van der Waals surface area contributed by atoms with E-state index in [0.29, 0.717) is 16.8 Å². The SMILES string of the molecule is Cc1cc(C(F)(F)F)ccc1C(N)c1ccc(Br)cn1. The molecule has 106 valence electrons. The van der Waals surface area contributed by atoms with Gasteiger partial charge in [0.1, 0.15) is 0 Å². The Kier molecular flexibility index (Phi) is 4.15. The Bertz CT molecular complexity index is 609. The summed E-state index contributed by atoms with van der Waals surface area (Å²) >= 11 is 3.27. The van der Waals surface area contributed by atoms with Crippen LogP contribution in [0.2, 0.25) is 0 Å². The molecule has 0 aliphatic rings. The second-order valence-electron chi connectivity index (χ2n) is 4.45. The van der Waals surface area contributed by atoms with E-state index in [0.717, 1.165) is 16.6 Å². The number of hydrogen-bond donors (Lipinski definition) is 1. The number of pyridine rings is 1. The summed E-state index contributed by atoms with van der Waals surface area (Å²) in [5.74, 6) is 0. The summed E-state index contributed by atoms with van der Waals surface area (Å²) in [5.41, 5.74) is 7.13. The molecule has 2 aromatic rings. The van der Waals surface area contributed by atoms with Crippen molar-refractivity contribution >= 4 is 15.9 Å². The van der Waals surface area contributed by atoms with Crippen LogP contribution in [0.25, 0.3) is 0 Å². The minimum absolute atomic E-state index is 0.497. The van der Waals surface area contributed by atoms with Crippen molar-refractivity contribution in [1.82, 2.24) is 4.98 Å². The number of nitrogens with two attached hydrogens (primary N) is 1. The third kappa shape index (κ3) is 3.19. The van der Waals surface area contributed by atoms with E-state index in [1.54, 1.807) is 25.3 Å². The fraction of sp³-hybridized carbons (Fsp3) is 0.214. The average Bonchev–Trinajstić information content (AvgIpc) is 2.37. The van der Waals surface area contributed by atoms with Crippen molar-refractivity contribution in [2.75, 3.05) is 0 Å². The van der Waals surface area contributed by atoms with Crippen LogP contribution in [0.5, 0.6) is 0 Å². The summed E-state index contributed by atoms with van der Waals surface area (Å²) in [6.07, 6.45) is -2.74. The molecule has 1 aromatic heterocycles. The second-order valence-corrected chi connectivity index (χ2v) is 5.36. The zero-order chi connectivity index (χ0) is 14.9. The topological polar surface area (TPSA) is 38.9 Å². The number of aromatic nitrogens is 1. The lowest BCUT2D eigenvalue weighted by atomic mass is 9.97. The molecule has 0 fully saturated rings. The zero-order valence-electron chi connectivity index (χ0n) is 10.6. The molecule has 0 aliphatic carbocycles. The van der Waals surface area contributed by atoms with E-state index in [9.17, 15) is 13.2 Å². The van der Waals surface area contributed by atoms with Crippen LogP contribution >= 0.6 is 15.9 Å². The predicted molar refractivity (Wildman–Crippen MR) is 74.1 cm³/mol. The van der Waals surface area contributed by atoms with Crippen molar-refractivity contribution < 1.29 is 13.2 Å². The molecule has 0 radical (unpaired) electrons. The molecule has 20 heavy (non-hydrogen) atoms. The summed E-state index contributed by atoms with van der Waals surface area (Å²) in [7, 11) is 0. The van der Waals surface area contributed by atoms with Gasteiger partial charge in [-0.25, -0.2) is 0 Å². The maximum Gasteiger partial charge on any atom is 0.416 e. The quantitative estimate of drug-likeness (QED) is 0.885. The van der Waals surface area contributed by atoms with Gasteiger partial charge in [0, 0.05) is 10.7 Å². The molecule has 1 unspecified atom stereocenters. The lowest BCUT2D eigenvalue weighted by molar-refractivity contribution is -0.137. The molecular weight excluding hydrogens is 333 g/mol. The van der Waals surface area contributed by atoms with E-state index in [2.05, 4.69) is 20.9 Å². The Morgan fingerprint density at radius 3 is 2.40 bits per heavy atom. The third-order valence-corrected chi connectivity index (χ3v) is 3.47. The minimum Gasteiger partial charge on any atom is -0.319 e. The number of halogens is 4. The molecule has 2 N–H and O–H groups in total. The first-order valence-electron chi connectivity index (χ1n) is 5.84. The molecule has 2 nitrogen and oxygen atoms in total. The van der Waals surface area contributed by atoms with Crippen LogP contribution in [-0.4, -0.2) is 4.98 Å². The molecule has 1 aromatic carbocycles. The Balaban J connectivity index is 2.36. The lowest BCUT2D eigenvalue weighted by Gasteiger charge is -2.16. The van der Waals surface area contributed by atoms with E-state index in [1.807, 2.05) is 0 Å². The monoisotopic (exact) mass is 344 g/mol. The van der Waals surface area contributed by atoms with E-state index in [-0.39, 0.29) is 0 Å². The van der Waals surface area contributed by atoms with E-state index in [1.165, 1.54) is 6.07 Å². The van der Waals surface area contributed by atoms with Crippen LogP contribution in [0, 0.1) is 6.92 Å². The maximum absolute atomic E-state index is 12.6. The summed E-state index contributed by atoms with van der Waals surface area (Å²) in [6.45, 7) is 1.61. The zero-order valence-corrected chi connectivity index (χ0v) is 12.2. The van der Waals surface area contributed by atoms with Gasteiger partial charge in [-0.15, -0.1) is 0 Å². The first kappa shape index (κ1) is 15.0. The summed E-state index contributed by atoms with van der Waals surface area (Å²) in [5, 5.41) is 0. The smallest absolute Gasteiger partial charge is 0.319 e. The van der Waals surface area contributed by atoms with Crippen LogP contribution in [-0.2, 0) is 6.18 Å². The fourth-order valence-corrected chi connectivity index (χ4v) is 2.17. The van der Waals surface area contributed by atoms with E-state index < -0.39 is 17.8 Å². The van der Waals surface area contributed by atoms with Crippen LogP contribution in [0.1, 0.15) is 28.4 Å². The van der Waals surface area contributed by atoms with Crippen LogP contribution in [0.4, 0.5) is 13.2 Å². The molecular formula is C14H12BrF3N2. The largest absolute Gasteiger partial charge is 0.416 e. The van der Waals surface area contributed by atoms with Gasteiger partial charge < -0.3 is 5.73 Å². The number of nitrogens with zero attached hydrogens (tertiary/aromatic N) is 1. The Hall–Kier alpha value is -1.40. The average molecular weight is 345 g/mol. The molecule has 1 heterocycles. The molecule has 0 saturated carbocycles. The van der Waals surface area contributed by atoms with Crippen molar-refractivity contribution in [2.45, 2.75) is 19.1 Å². The predicted octanol–water partition coefficient (Wildman–Crippen LogP) is 4.22. The van der Waals surface area contributed by atoms with Gasteiger partial charge in [0.25, 0.3) is 0 Å². The highest BCUT2D eigenvalue weighted by Gasteiger charge is 2.31. The first-order valence-corrected chi connectivity index (χ1v) is 6.63. The Labute approximate surface area is 123 Å². The molecule has 1 atom stereocenters. The van der Waals surface area contributed by atoms with Gasteiger partial charge in [-0.1, -0.05) is 6.07 Å². The standard InChI is InChI=1S/C14H12BrF3N2/c1-8-6-9(14(16,17)18)2-4-11(8)13(19)12-5-3-10(15)7-20-12/h2-7,13H,19H2,1H3. The highest BCUT2D eigenvalue weighted by molar-refractivity contribution is 9.10. The van der Waals surface area contributed by atoms with Gasteiger partial charge in [0.05, 0.1) is 17.3 Å². The van der Waals surface area contributed by atoms with E-state index >= 15 is 0 Å². The van der Waals surface area contributed by atoms with Crippen LogP contribution in [0.15, 0.2) is 41.0 Å². The van der Waals surface area contributed by atoms with Crippen molar-refractivity contribution in [3.63, 3.8) is 0 Å². The van der Waals surface area contributed by atoms with Crippen molar-refractivity contribution in [1.29, 1.82) is 0 Å². The van der Waals surface area contributed by atoms with Crippen LogP contribution in [0.3, 0.4) is 0 Å². The number of aryl methyl sites for hydroxylation is 1. The molecule has 0 saturated heterocycles. The number of benzene rings is 1. The minimum atomic E-state index is -4.34. The second kappa shape index (κ2) is 5.54. The number of rotatable bonds is 2. The van der Waals surface area contributed by atoms with Gasteiger partial charge in [-0.05, 0) is 58.2 Å². The molecule has 0 spiro atoms.